The molecular weight excluding hydrogens is 472 g/mol. The maximum atomic E-state index is 13.5. The van der Waals surface area contributed by atoms with Crippen LogP contribution in [0.5, 0.6) is 0 Å². The van der Waals surface area contributed by atoms with E-state index in [2.05, 4.69) is 11.8 Å². The van der Waals surface area contributed by atoms with E-state index < -0.39 is 5.79 Å². The van der Waals surface area contributed by atoms with Gasteiger partial charge in [0.05, 0.1) is 23.7 Å². The van der Waals surface area contributed by atoms with E-state index >= 15 is 0 Å². The minimum Gasteiger partial charge on any atom is -0.355 e. The van der Waals surface area contributed by atoms with Crippen LogP contribution in [-0.4, -0.2) is 63.1 Å². The molecule has 0 unspecified atom stereocenters. The van der Waals surface area contributed by atoms with Crippen LogP contribution in [0.4, 0.5) is 5.82 Å². The lowest BCUT2D eigenvalue weighted by molar-refractivity contribution is -0.169. The topological polar surface area (TPSA) is 76.4 Å². The van der Waals surface area contributed by atoms with Crippen molar-refractivity contribution in [2.24, 2.45) is 0 Å². The van der Waals surface area contributed by atoms with Crippen LogP contribution < -0.4 is 10.5 Å². The lowest BCUT2D eigenvalue weighted by atomic mass is 10.0. The number of fused-ring (bicyclic) bond motifs is 1. The zero-order chi connectivity index (χ0) is 23.7. The molecule has 1 amide bonds. The van der Waals surface area contributed by atoms with Gasteiger partial charge in [-0.15, -0.1) is 0 Å². The van der Waals surface area contributed by atoms with E-state index in [0.717, 1.165) is 19.3 Å². The molecular formula is C24H28N4O4S2. The van der Waals surface area contributed by atoms with E-state index in [4.69, 9.17) is 26.7 Å². The first-order valence-electron chi connectivity index (χ1n) is 11.8. The Morgan fingerprint density at radius 2 is 1.94 bits per heavy atom. The van der Waals surface area contributed by atoms with Crippen LogP contribution in [0.25, 0.3) is 11.7 Å². The van der Waals surface area contributed by atoms with Crippen molar-refractivity contribution < 1.29 is 14.3 Å². The number of piperidine rings is 1. The zero-order valence-electron chi connectivity index (χ0n) is 19.2. The maximum Gasteiger partial charge on any atom is 0.267 e. The van der Waals surface area contributed by atoms with Gasteiger partial charge in [0.25, 0.3) is 11.5 Å². The predicted molar refractivity (Wildman–Crippen MR) is 137 cm³/mol. The van der Waals surface area contributed by atoms with Crippen LogP contribution in [0.2, 0.25) is 0 Å². The number of carbonyl (C=O) groups excluding carboxylic acids is 1. The summed E-state index contributed by atoms with van der Waals surface area (Å²) in [6.07, 6.45) is 7.79. The van der Waals surface area contributed by atoms with Crippen molar-refractivity contribution in [1.29, 1.82) is 0 Å². The van der Waals surface area contributed by atoms with Crippen molar-refractivity contribution in [2.45, 2.75) is 44.8 Å². The summed E-state index contributed by atoms with van der Waals surface area (Å²) in [5.74, 6) is -0.0796. The summed E-state index contributed by atoms with van der Waals surface area (Å²) in [4.78, 5) is 35.7. The zero-order valence-corrected chi connectivity index (χ0v) is 20.8. The number of rotatable bonds is 6. The van der Waals surface area contributed by atoms with Gasteiger partial charge in [-0.3, -0.25) is 18.9 Å². The molecule has 0 atom stereocenters. The Morgan fingerprint density at radius 1 is 1.18 bits per heavy atom. The van der Waals surface area contributed by atoms with Crippen molar-refractivity contribution in [3.05, 3.63) is 45.2 Å². The molecule has 2 aromatic heterocycles. The number of unbranched alkanes of at least 4 members (excludes halogenated alkanes) is 2. The number of amides is 1. The van der Waals surface area contributed by atoms with Crippen LogP contribution in [0.15, 0.2) is 34.1 Å². The van der Waals surface area contributed by atoms with Gasteiger partial charge in [0, 0.05) is 38.7 Å². The molecule has 180 valence electrons. The van der Waals surface area contributed by atoms with E-state index in [9.17, 15) is 9.59 Å². The molecule has 5 rings (SSSR count). The van der Waals surface area contributed by atoms with Gasteiger partial charge in [-0.05, 0) is 24.6 Å². The average molecular weight is 501 g/mol. The first-order chi connectivity index (χ1) is 16.5. The fraction of sp³-hybridized carbons (Fsp3) is 0.500. The minimum absolute atomic E-state index is 0.139. The minimum atomic E-state index is -0.524. The maximum absolute atomic E-state index is 13.5. The van der Waals surface area contributed by atoms with E-state index in [0.29, 0.717) is 71.9 Å². The quantitative estimate of drug-likeness (QED) is 0.339. The van der Waals surface area contributed by atoms with Crippen molar-refractivity contribution in [2.75, 3.05) is 37.7 Å². The smallest absolute Gasteiger partial charge is 0.267 e. The third kappa shape index (κ3) is 4.39. The number of carbonyl (C=O) groups is 1. The molecule has 5 heterocycles. The second-order valence-corrected chi connectivity index (χ2v) is 10.4. The summed E-state index contributed by atoms with van der Waals surface area (Å²) in [7, 11) is 0. The van der Waals surface area contributed by atoms with Gasteiger partial charge in [0.15, 0.2) is 5.79 Å². The van der Waals surface area contributed by atoms with Crippen molar-refractivity contribution in [3.63, 3.8) is 0 Å². The number of nitrogens with zero attached hydrogens (tertiary/aromatic N) is 4. The summed E-state index contributed by atoms with van der Waals surface area (Å²) in [6.45, 7) is 5.25. The monoisotopic (exact) mass is 500 g/mol. The summed E-state index contributed by atoms with van der Waals surface area (Å²) < 4.78 is 13.8. The molecule has 0 radical (unpaired) electrons. The number of thiocarbonyl (C=S) groups is 1. The molecule has 0 bridgehead atoms. The first kappa shape index (κ1) is 23.5. The summed E-state index contributed by atoms with van der Waals surface area (Å²) >= 11 is 6.73. The number of hydrogen-bond acceptors (Lipinski definition) is 8. The van der Waals surface area contributed by atoms with Crippen LogP contribution in [0.3, 0.4) is 0 Å². The number of pyridine rings is 1. The highest BCUT2D eigenvalue weighted by molar-refractivity contribution is 8.26. The van der Waals surface area contributed by atoms with Gasteiger partial charge < -0.3 is 14.4 Å². The highest BCUT2D eigenvalue weighted by Gasteiger charge is 2.41. The first-order valence-corrected chi connectivity index (χ1v) is 13.0. The fourth-order valence-electron chi connectivity index (χ4n) is 4.65. The molecule has 3 aliphatic rings. The van der Waals surface area contributed by atoms with Gasteiger partial charge in [0.1, 0.15) is 15.8 Å². The standard InChI is InChI=1S/C24H28N4O4S2/c1-2-3-5-11-28-22(30)18(34-23(28)33)16-17-20(25-19-7-4-6-10-27(19)21(17)29)26-12-8-24(9-13-26)31-14-15-32-24/h4,6-7,10,16H,2-3,5,8-9,11-15H2,1H3. The number of anilines is 1. The predicted octanol–water partition coefficient (Wildman–Crippen LogP) is 3.43. The summed E-state index contributed by atoms with van der Waals surface area (Å²) in [6, 6.07) is 5.47. The molecule has 2 aromatic rings. The summed E-state index contributed by atoms with van der Waals surface area (Å²) in [5.41, 5.74) is 0.771. The normalized spacial score (nSPS) is 21.5. The molecule has 0 N–H and O–H groups in total. The van der Waals surface area contributed by atoms with Crippen molar-refractivity contribution in [1.82, 2.24) is 14.3 Å². The van der Waals surface area contributed by atoms with Gasteiger partial charge in [-0.1, -0.05) is 49.8 Å². The molecule has 34 heavy (non-hydrogen) atoms. The van der Waals surface area contributed by atoms with Crippen LogP contribution >= 0.6 is 24.0 Å². The Kier molecular flexibility index (Phi) is 6.74. The molecule has 3 aliphatic heterocycles. The Bertz CT molecular complexity index is 1200. The molecule has 3 saturated heterocycles. The summed E-state index contributed by atoms with van der Waals surface area (Å²) in [5, 5.41) is 0. The molecule has 8 nitrogen and oxygen atoms in total. The van der Waals surface area contributed by atoms with Gasteiger partial charge in [0.2, 0.25) is 0 Å². The lowest BCUT2D eigenvalue weighted by Crippen LogP contribution is -2.46. The lowest BCUT2D eigenvalue weighted by Gasteiger charge is -2.38. The molecule has 0 saturated carbocycles. The fourth-order valence-corrected chi connectivity index (χ4v) is 5.94. The molecule has 1 spiro atoms. The van der Waals surface area contributed by atoms with E-state index in [1.807, 2.05) is 12.1 Å². The highest BCUT2D eigenvalue weighted by atomic mass is 32.2. The second kappa shape index (κ2) is 9.77. The third-order valence-electron chi connectivity index (χ3n) is 6.52. The van der Waals surface area contributed by atoms with Crippen molar-refractivity contribution in [3.8, 4) is 0 Å². The molecule has 3 fully saturated rings. The average Bonchev–Trinajstić information content (AvgIpc) is 3.41. The molecule has 10 heteroatoms. The number of hydrogen-bond donors (Lipinski definition) is 0. The van der Waals surface area contributed by atoms with Crippen LogP contribution in [0, 0.1) is 0 Å². The molecule has 0 aliphatic carbocycles. The number of aromatic nitrogens is 2. The van der Waals surface area contributed by atoms with E-state index in [1.165, 1.54) is 16.2 Å². The third-order valence-corrected chi connectivity index (χ3v) is 7.90. The van der Waals surface area contributed by atoms with Gasteiger partial charge in [-0.25, -0.2) is 4.98 Å². The molecule has 0 aromatic carbocycles. The van der Waals surface area contributed by atoms with Gasteiger partial charge in [-0.2, -0.15) is 0 Å². The second-order valence-electron chi connectivity index (χ2n) is 8.72. The van der Waals surface area contributed by atoms with Crippen molar-refractivity contribution >= 4 is 51.7 Å². The van der Waals surface area contributed by atoms with E-state index in [1.54, 1.807) is 23.2 Å². The number of ether oxygens (including phenoxy) is 2. The number of thioether (sulfide) groups is 1. The van der Waals surface area contributed by atoms with Crippen LogP contribution in [-0.2, 0) is 14.3 Å². The largest absolute Gasteiger partial charge is 0.355 e. The van der Waals surface area contributed by atoms with Crippen LogP contribution in [0.1, 0.15) is 44.6 Å². The Balaban J connectivity index is 1.50. The van der Waals surface area contributed by atoms with E-state index in [-0.39, 0.29) is 11.5 Å². The Labute approximate surface area is 207 Å². The van der Waals surface area contributed by atoms with Gasteiger partial charge >= 0.3 is 0 Å². The Morgan fingerprint density at radius 3 is 2.68 bits per heavy atom. The highest BCUT2D eigenvalue weighted by Crippen LogP contribution is 2.36. The Hall–Kier alpha value is -2.27. The SMILES string of the molecule is CCCCCN1C(=O)C(=Cc2c(N3CCC4(CC3)OCCO4)nc3ccccn3c2=O)SC1=S.